The van der Waals surface area contributed by atoms with Crippen LogP contribution in [-0.2, 0) is 0 Å². The number of halogens is 6. The summed E-state index contributed by atoms with van der Waals surface area (Å²) in [5.41, 5.74) is -1.14. The number of benzene rings is 2. The first-order valence-corrected chi connectivity index (χ1v) is 7.25. The summed E-state index contributed by atoms with van der Waals surface area (Å²) in [5, 5.41) is 1.97. The van der Waals surface area contributed by atoms with Gasteiger partial charge in [-0.05, 0) is 18.2 Å². The average molecular weight is 398 g/mol. The summed E-state index contributed by atoms with van der Waals surface area (Å²) in [7, 11) is 0. The van der Waals surface area contributed by atoms with Crippen LogP contribution in [0.1, 0.15) is 10.4 Å². The highest BCUT2D eigenvalue weighted by atomic mass is 35.5. The van der Waals surface area contributed by atoms with E-state index in [1.807, 2.05) is 5.32 Å². The minimum absolute atomic E-state index is 0.223. The summed E-state index contributed by atoms with van der Waals surface area (Å²) < 4.78 is 40.6. The van der Waals surface area contributed by atoms with Gasteiger partial charge in [-0.2, -0.15) is 0 Å². The zero-order chi connectivity index (χ0) is 18.0. The van der Waals surface area contributed by atoms with Gasteiger partial charge in [-0.3, -0.25) is 10.1 Å². The molecule has 3 amide bonds. The maximum atomic E-state index is 13.8. The number of anilines is 1. The van der Waals surface area contributed by atoms with Crippen LogP contribution in [0.2, 0.25) is 15.1 Å². The molecule has 0 aliphatic rings. The van der Waals surface area contributed by atoms with E-state index in [4.69, 9.17) is 34.8 Å². The number of imide groups is 1. The molecule has 0 saturated heterocycles. The van der Waals surface area contributed by atoms with Gasteiger partial charge >= 0.3 is 6.03 Å². The Labute approximate surface area is 148 Å². The quantitative estimate of drug-likeness (QED) is 0.552. The maximum Gasteiger partial charge on any atom is 0.326 e. The van der Waals surface area contributed by atoms with Gasteiger partial charge < -0.3 is 5.32 Å². The molecule has 0 atom stereocenters. The molecule has 0 radical (unpaired) electrons. The van der Waals surface area contributed by atoms with Gasteiger partial charge in [0.2, 0.25) is 0 Å². The molecule has 2 rings (SSSR count). The standard InChI is InChI=1S/C14H6Cl3F3N2O2/c15-5-2-1-3-7(18)9(5)13(23)22-14(24)21-8-4-6(16)11(19)10(17)12(8)20/h1-4H,(H2,21,22,23,24). The van der Waals surface area contributed by atoms with Crippen LogP contribution in [0, 0.1) is 17.5 Å². The van der Waals surface area contributed by atoms with Crippen molar-refractivity contribution in [2.75, 3.05) is 5.32 Å². The molecule has 0 aliphatic heterocycles. The smallest absolute Gasteiger partial charge is 0.305 e. The van der Waals surface area contributed by atoms with Gasteiger partial charge in [0, 0.05) is 0 Å². The second kappa shape index (κ2) is 7.29. The van der Waals surface area contributed by atoms with E-state index in [0.29, 0.717) is 0 Å². The van der Waals surface area contributed by atoms with Crippen LogP contribution >= 0.6 is 34.8 Å². The molecule has 0 spiro atoms. The fourth-order valence-corrected chi connectivity index (χ4v) is 2.40. The van der Waals surface area contributed by atoms with Crippen LogP contribution in [0.3, 0.4) is 0 Å². The van der Waals surface area contributed by atoms with Crippen LogP contribution in [0.4, 0.5) is 23.7 Å². The van der Waals surface area contributed by atoms with E-state index in [1.54, 1.807) is 5.32 Å². The monoisotopic (exact) mass is 396 g/mol. The Morgan fingerprint density at radius 3 is 2.25 bits per heavy atom. The van der Waals surface area contributed by atoms with Gasteiger partial charge in [-0.25, -0.2) is 18.0 Å². The molecule has 0 aromatic heterocycles. The predicted molar refractivity (Wildman–Crippen MR) is 84.3 cm³/mol. The zero-order valence-corrected chi connectivity index (χ0v) is 13.7. The second-order valence-electron chi connectivity index (χ2n) is 4.35. The number of carbonyl (C=O) groups is 2. The third-order valence-corrected chi connectivity index (χ3v) is 3.69. The highest BCUT2D eigenvalue weighted by Gasteiger charge is 2.21. The number of hydrogen-bond acceptors (Lipinski definition) is 2. The van der Waals surface area contributed by atoms with Gasteiger partial charge in [0.1, 0.15) is 10.8 Å². The molecule has 0 bridgehead atoms. The number of rotatable bonds is 2. The minimum atomic E-state index is -1.29. The van der Waals surface area contributed by atoms with Crippen molar-refractivity contribution in [1.29, 1.82) is 0 Å². The molecule has 0 aliphatic carbocycles. The van der Waals surface area contributed by atoms with Crippen LogP contribution < -0.4 is 10.6 Å². The molecule has 126 valence electrons. The first-order chi connectivity index (χ1) is 11.2. The third kappa shape index (κ3) is 3.75. The summed E-state index contributed by atoms with van der Waals surface area (Å²) in [6, 6.07) is 3.02. The first-order valence-electron chi connectivity index (χ1n) is 6.11. The van der Waals surface area contributed by atoms with Gasteiger partial charge in [-0.1, -0.05) is 40.9 Å². The van der Waals surface area contributed by atoms with E-state index in [1.165, 1.54) is 12.1 Å². The van der Waals surface area contributed by atoms with E-state index in [2.05, 4.69) is 0 Å². The molecule has 0 heterocycles. The Morgan fingerprint density at radius 1 is 0.958 bits per heavy atom. The average Bonchev–Trinajstić information content (AvgIpc) is 2.50. The summed E-state index contributed by atoms with van der Waals surface area (Å²) in [6.07, 6.45) is 0. The Kier molecular flexibility index (Phi) is 5.58. The van der Waals surface area contributed by atoms with Crippen molar-refractivity contribution >= 4 is 52.4 Å². The van der Waals surface area contributed by atoms with Crippen molar-refractivity contribution in [3.8, 4) is 0 Å². The lowest BCUT2D eigenvalue weighted by molar-refractivity contribution is 0.0963. The van der Waals surface area contributed by atoms with Crippen LogP contribution in [0.5, 0.6) is 0 Å². The Bertz CT molecular complexity index is 826. The molecule has 2 N–H and O–H groups in total. The van der Waals surface area contributed by atoms with Gasteiger partial charge in [0.25, 0.3) is 5.91 Å². The van der Waals surface area contributed by atoms with Crippen molar-refractivity contribution in [2.45, 2.75) is 0 Å². The van der Waals surface area contributed by atoms with E-state index < -0.39 is 50.7 Å². The van der Waals surface area contributed by atoms with Crippen molar-refractivity contribution in [3.05, 3.63) is 62.3 Å². The maximum absolute atomic E-state index is 13.8. The van der Waals surface area contributed by atoms with E-state index in [-0.39, 0.29) is 5.02 Å². The number of carbonyl (C=O) groups excluding carboxylic acids is 2. The zero-order valence-electron chi connectivity index (χ0n) is 11.4. The Morgan fingerprint density at radius 2 is 1.62 bits per heavy atom. The van der Waals surface area contributed by atoms with Crippen molar-refractivity contribution in [3.63, 3.8) is 0 Å². The van der Waals surface area contributed by atoms with Crippen LogP contribution in [0.25, 0.3) is 0 Å². The lowest BCUT2D eigenvalue weighted by Gasteiger charge is -2.10. The van der Waals surface area contributed by atoms with Crippen LogP contribution in [0.15, 0.2) is 24.3 Å². The third-order valence-electron chi connectivity index (χ3n) is 2.77. The predicted octanol–water partition coefficient (Wildman–Crippen LogP) is 5.03. The molecule has 0 saturated carbocycles. The summed E-state index contributed by atoms with van der Waals surface area (Å²) in [6.45, 7) is 0. The fraction of sp³-hybridized carbons (Fsp3) is 0. The molecule has 24 heavy (non-hydrogen) atoms. The lowest BCUT2D eigenvalue weighted by atomic mass is 10.2. The topological polar surface area (TPSA) is 58.2 Å². The molecule has 2 aromatic carbocycles. The fourth-order valence-electron chi connectivity index (χ4n) is 1.70. The molecular weight excluding hydrogens is 392 g/mol. The number of amides is 3. The molecule has 2 aromatic rings. The number of nitrogens with one attached hydrogen (secondary N) is 2. The number of urea groups is 1. The largest absolute Gasteiger partial charge is 0.326 e. The van der Waals surface area contributed by atoms with Gasteiger partial charge in [0.15, 0.2) is 11.6 Å². The Balaban J connectivity index is 2.19. The first kappa shape index (κ1) is 18.4. The molecular formula is C14H6Cl3F3N2O2. The van der Waals surface area contributed by atoms with Crippen molar-refractivity contribution < 1.29 is 22.8 Å². The van der Waals surface area contributed by atoms with Crippen molar-refractivity contribution in [2.24, 2.45) is 0 Å². The van der Waals surface area contributed by atoms with E-state index in [9.17, 15) is 22.8 Å². The highest BCUT2D eigenvalue weighted by molar-refractivity contribution is 6.36. The van der Waals surface area contributed by atoms with Crippen LogP contribution in [-0.4, -0.2) is 11.9 Å². The van der Waals surface area contributed by atoms with Gasteiger partial charge in [0.05, 0.1) is 21.3 Å². The Hall–Kier alpha value is -1.96. The van der Waals surface area contributed by atoms with Gasteiger partial charge in [-0.15, -0.1) is 0 Å². The molecule has 0 fully saturated rings. The summed E-state index contributed by atoms with van der Waals surface area (Å²) in [5.74, 6) is -4.59. The summed E-state index contributed by atoms with van der Waals surface area (Å²) in [4.78, 5) is 23.6. The van der Waals surface area contributed by atoms with Crippen molar-refractivity contribution in [1.82, 2.24) is 5.32 Å². The molecule has 4 nitrogen and oxygen atoms in total. The second-order valence-corrected chi connectivity index (χ2v) is 5.55. The molecule has 10 heteroatoms. The van der Waals surface area contributed by atoms with E-state index >= 15 is 0 Å². The normalized spacial score (nSPS) is 10.4. The minimum Gasteiger partial charge on any atom is -0.305 e. The molecule has 0 unspecified atom stereocenters. The highest BCUT2D eigenvalue weighted by Crippen LogP contribution is 2.31. The number of hydrogen-bond donors (Lipinski definition) is 2. The van der Waals surface area contributed by atoms with E-state index in [0.717, 1.165) is 12.1 Å². The SMILES string of the molecule is O=C(NC(=O)c1c(F)cccc1Cl)Nc1cc(Cl)c(F)c(Cl)c1F. The lowest BCUT2D eigenvalue weighted by Crippen LogP contribution is -2.35. The summed E-state index contributed by atoms with van der Waals surface area (Å²) >= 11 is 16.5.